The number of aliphatic hydroxyl groups is 1. The maximum absolute atomic E-state index is 9.16. The largest absolute Gasteiger partial charge is 0.367 e. The fourth-order valence-electron chi connectivity index (χ4n) is 0.847. The Morgan fingerprint density at radius 2 is 2.60 bits per heavy atom. The molecule has 1 atom stereocenters. The molecule has 52 valence electrons. The maximum Gasteiger partial charge on any atom is 0.187 e. The van der Waals surface area contributed by atoms with E-state index in [0.29, 0.717) is 5.82 Å². The van der Waals surface area contributed by atoms with Crippen LogP contribution in [0.1, 0.15) is 6.23 Å². The molecule has 1 aromatic rings. The van der Waals surface area contributed by atoms with Crippen molar-refractivity contribution in [2.75, 3.05) is 5.43 Å². The van der Waals surface area contributed by atoms with Gasteiger partial charge in [0, 0.05) is 6.07 Å². The zero-order valence-electron chi connectivity index (χ0n) is 5.10. The highest BCUT2D eigenvalue weighted by Gasteiger charge is 2.11. The van der Waals surface area contributed by atoms with E-state index in [1.165, 1.54) is 10.9 Å². The Morgan fingerprint density at radius 1 is 1.70 bits per heavy atom. The van der Waals surface area contributed by atoms with Crippen molar-refractivity contribution >= 4 is 12.0 Å². The lowest BCUT2D eigenvalue weighted by atomic mass is 10.5. The first kappa shape index (κ1) is 5.43. The van der Waals surface area contributed by atoms with Crippen molar-refractivity contribution < 1.29 is 5.11 Å². The Hall–Kier alpha value is -1.36. The summed E-state index contributed by atoms with van der Waals surface area (Å²) in [5, 5.41) is 16.7. The number of hydrogen-bond acceptors (Lipinski definition) is 4. The molecule has 0 saturated carbocycles. The van der Waals surface area contributed by atoms with E-state index in [1.54, 1.807) is 12.3 Å². The highest BCUT2D eigenvalue weighted by atomic mass is 16.3. The molecular weight excluding hydrogens is 132 g/mol. The minimum Gasteiger partial charge on any atom is -0.367 e. The van der Waals surface area contributed by atoms with Crippen LogP contribution in [0.3, 0.4) is 0 Å². The number of nitrogens with one attached hydrogen (secondary N) is 1. The second-order valence-electron chi connectivity index (χ2n) is 1.96. The summed E-state index contributed by atoms with van der Waals surface area (Å²) in [5.74, 6) is 0.704. The standard InChI is InChI=1S/C5H6N4O/c10-5-3-6-8-4-1-2-7-9(4)5/h1-3,5,8,10H. The quantitative estimate of drug-likeness (QED) is 0.521. The number of hydrazone groups is 1. The second kappa shape index (κ2) is 1.81. The zero-order chi connectivity index (χ0) is 6.97. The summed E-state index contributed by atoms with van der Waals surface area (Å²) in [7, 11) is 0. The molecule has 10 heavy (non-hydrogen) atoms. The van der Waals surface area contributed by atoms with Crippen molar-refractivity contribution in [2.45, 2.75) is 6.23 Å². The Kier molecular flexibility index (Phi) is 0.983. The van der Waals surface area contributed by atoms with Gasteiger partial charge in [-0.3, -0.25) is 5.43 Å². The first-order valence-corrected chi connectivity index (χ1v) is 2.89. The van der Waals surface area contributed by atoms with Gasteiger partial charge in [0.05, 0.1) is 12.4 Å². The Labute approximate surface area is 57.0 Å². The van der Waals surface area contributed by atoms with E-state index in [2.05, 4.69) is 15.6 Å². The molecular formula is C5H6N4O. The van der Waals surface area contributed by atoms with E-state index < -0.39 is 6.23 Å². The molecule has 2 heterocycles. The zero-order valence-corrected chi connectivity index (χ0v) is 5.10. The van der Waals surface area contributed by atoms with Crippen LogP contribution in [-0.2, 0) is 0 Å². The molecule has 5 nitrogen and oxygen atoms in total. The lowest BCUT2D eigenvalue weighted by Gasteiger charge is -2.13. The number of fused-ring (bicyclic) bond motifs is 1. The third-order valence-electron chi connectivity index (χ3n) is 1.31. The fourth-order valence-corrected chi connectivity index (χ4v) is 0.847. The van der Waals surface area contributed by atoms with Crippen LogP contribution in [0, 0.1) is 0 Å². The molecule has 0 aromatic carbocycles. The van der Waals surface area contributed by atoms with Gasteiger partial charge >= 0.3 is 0 Å². The molecule has 2 N–H and O–H groups in total. The Bertz CT molecular complexity index is 266. The molecule has 1 aliphatic heterocycles. The van der Waals surface area contributed by atoms with E-state index in [0.717, 1.165) is 0 Å². The van der Waals surface area contributed by atoms with Crippen LogP contribution in [0.15, 0.2) is 17.4 Å². The van der Waals surface area contributed by atoms with Gasteiger partial charge in [-0.25, -0.2) is 4.68 Å². The number of anilines is 1. The summed E-state index contributed by atoms with van der Waals surface area (Å²) >= 11 is 0. The third kappa shape index (κ3) is 0.608. The minimum absolute atomic E-state index is 0.704. The van der Waals surface area contributed by atoms with Gasteiger partial charge in [-0.15, -0.1) is 0 Å². The predicted molar refractivity (Wildman–Crippen MR) is 35.6 cm³/mol. The van der Waals surface area contributed by atoms with Crippen LogP contribution >= 0.6 is 0 Å². The number of rotatable bonds is 0. The molecule has 0 fully saturated rings. The van der Waals surface area contributed by atoms with Crippen LogP contribution < -0.4 is 5.43 Å². The molecule has 0 bridgehead atoms. The molecule has 1 aromatic heterocycles. The summed E-state index contributed by atoms with van der Waals surface area (Å²) in [6.45, 7) is 0. The van der Waals surface area contributed by atoms with Gasteiger partial charge in [0.25, 0.3) is 0 Å². The first-order chi connectivity index (χ1) is 4.88. The van der Waals surface area contributed by atoms with E-state index in [-0.39, 0.29) is 0 Å². The van der Waals surface area contributed by atoms with Gasteiger partial charge < -0.3 is 5.11 Å². The van der Waals surface area contributed by atoms with Gasteiger partial charge in [-0.05, 0) is 0 Å². The van der Waals surface area contributed by atoms with E-state index in [4.69, 9.17) is 5.11 Å². The SMILES string of the molecule is OC1C=NNc2ccnn21. The van der Waals surface area contributed by atoms with Gasteiger partial charge in [-0.1, -0.05) is 0 Å². The summed E-state index contributed by atoms with van der Waals surface area (Å²) in [4.78, 5) is 0. The monoisotopic (exact) mass is 138 g/mol. The van der Waals surface area contributed by atoms with Crippen molar-refractivity contribution in [2.24, 2.45) is 5.10 Å². The van der Waals surface area contributed by atoms with E-state index in [1.807, 2.05) is 0 Å². The molecule has 0 aliphatic carbocycles. The maximum atomic E-state index is 9.16. The van der Waals surface area contributed by atoms with Crippen molar-refractivity contribution in [1.29, 1.82) is 0 Å². The van der Waals surface area contributed by atoms with Crippen LogP contribution in [0.25, 0.3) is 0 Å². The number of nitrogens with zero attached hydrogens (tertiary/aromatic N) is 3. The average Bonchev–Trinajstić information content (AvgIpc) is 2.36. The first-order valence-electron chi connectivity index (χ1n) is 2.89. The second-order valence-corrected chi connectivity index (χ2v) is 1.96. The summed E-state index contributed by atoms with van der Waals surface area (Å²) < 4.78 is 1.44. The number of hydrogen-bond donors (Lipinski definition) is 2. The van der Waals surface area contributed by atoms with Crippen molar-refractivity contribution in [3.05, 3.63) is 12.3 Å². The fraction of sp³-hybridized carbons (Fsp3) is 0.200. The average molecular weight is 138 g/mol. The van der Waals surface area contributed by atoms with Crippen LogP contribution in [0.2, 0.25) is 0 Å². The number of aromatic nitrogens is 2. The normalized spacial score (nSPS) is 21.9. The molecule has 2 rings (SSSR count). The van der Waals surface area contributed by atoms with E-state index >= 15 is 0 Å². The summed E-state index contributed by atoms with van der Waals surface area (Å²) in [6, 6.07) is 1.74. The summed E-state index contributed by atoms with van der Waals surface area (Å²) in [5.41, 5.74) is 2.68. The smallest absolute Gasteiger partial charge is 0.187 e. The highest BCUT2D eigenvalue weighted by Crippen LogP contribution is 2.13. The van der Waals surface area contributed by atoms with Crippen LogP contribution in [0.5, 0.6) is 0 Å². The molecule has 0 radical (unpaired) electrons. The lowest BCUT2D eigenvalue weighted by molar-refractivity contribution is 0.164. The van der Waals surface area contributed by atoms with Gasteiger partial charge in [0.15, 0.2) is 6.23 Å². The molecule has 0 saturated heterocycles. The van der Waals surface area contributed by atoms with Crippen LogP contribution in [-0.4, -0.2) is 21.1 Å². The van der Waals surface area contributed by atoms with Crippen molar-refractivity contribution in [3.8, 4) is 0 Å². The summed E-state index contributed by atoms with van der Waals surface area (Å²) in [6.07, 6.45) is 2.24. The number of aliphatic hydroxyl groups excluding tert-OH is 1. The van der Waals surface area contributed by atoms with Crippen molar-refractivity contribution in [3.63, 3.8) is 0 Å². The topological polar surface area (TPSA) is 62.4 Å². The molecule has 1 aliphatic rings. The molecule has 0 spiro atoms. The van der Waals surface area contributed by atoms with Crippen molar-refractivity contribution in [1.82, 2.24) is 9.78 Å². The van der Waals surface area contributed by atoms with Gasteiger partial charge in [-0.2, -0.15) is 10.2 Å². The Balaban J connectivity index is 2.48. The Morgan fingerprint density at radius 3 is 3.40 bits per heavy atom. The lowest BCUT2D eigenvalue weighted by Crippen LogP contribution is -2.18. The molecule has 1 unspecified atom stereocenters. The highest BCUT2D eigenvalue weighted by molar-refractivity contribution is 5.65. The predicted octanol–water partition coefficient (Wildman–Crippen LogP) is -0.215. The van der Waals surface area contributed by atoms with Crippen LogP contribution in [0.4, 0.5) is 5.82 Å². The molecule has 5 heteroatoms. The molecule has 0 amide bonds. The van der Waals surface area contributed by atoms with E-state index in [9.17, 15) is 0 Å². The van der Waals surface area contributed by atoms with Gasteiger partial charge in [0.1, 0.15) is 5.82 Å². The van der Waals surface area contributed by atoms with Gasteiger partial charge in [0.2, 0.25) is 0 Å². The minimum atomic E-state index is -0.730. The third-order valence-corrected chi connectivity index (χ3v) is 1.31.